The summed E-state index contributed by atoms with van der Waals surface area (Å²) in [4.78, 5) is 14.6. The van der Waals surface area contributed by atoms with Gasteiger partial charge in [0.15, 0.2) is 5.78 Å². The van der Waals surface area contributed by atoms with Crippen LogP contribution in [0, 0.1) is 0 Å². The van der Waals surface area contributed by atoms with Gasteiger partial charge in [-0.2, -0.15) is 13.2 Å². The van der Waals surface area contributed by atoms with Crippen LogP contribution in [0.5, 0.6) is 0 Å². The summed E-state index contributed by atoms with van der Waals surface area (Å²) in [6.07, 6.45) is -1.79. The molecule has 0 N–H and O–H groups in total. The Morgan fingerprint density at radius 1 is 1.00 bits per heavy atom. The van der Waals surface area contributed by atoms with Crippen molar-refractivity contribution in [2.24, 2.45) is 0 Å². The molecule has 0 saturated carbocycles. The van der Waals surface area contributed by atoms with Gasteiger partial charge in [0.1, 0.15) is 0 Å². The predicted molar refractivity (Wildman–Crippen MR) is 110 cm³/mol. The molecule has 0 unspecified atom stereocenters. The summed E-state index contributed by atoms with van der Waals surface area (Å²) in [5, 5.41) is 0. The van der Waals surface area contributed by atoms with Gasteiger partial charge >= 0.3 is 6.18 Å². The summed E-state index contributed by atoms with van der Waals surface area (Å²) in [6.45, 7) is 7.90. The van der Waals surface area contributed by atoms with E-state index in [0.29, 0.717) is 37.2 Å². The van der Waals surface area contributed by atoms with Crippen LogP contribution in [0.1, 0.15) is 54.2 Å². The summed E-state index contributed by atoms with van der Waals surface area (Å²) < 4.78 is 38.8. The molecule has 2 aromatic rings. The van der Waals surface area contributed by atoms with Crippen LogP contribution in [0.25, 0.3) is 5.57 Å². The molecule has 154 valence electrons. The lowest BCUT2D eigenvalue weighted by Crippen LogP contribution is -2.33. The van der Waals surface area contributed by atoms with Crippen LogP contribution in [-0.2, 0) is 11.6 Å². The molecular formula is C24H26F3NO. The maximum Gasteiger partial charge on any atom is 0.416 e. The molecule has 0 saturated heterocycles. The number of alkyl halides is 3. The molecule has 0 radical (unpaired) electrons. The Bertz CT molecular complexity index is 905. The monoisotopic (exact) mass is 401 g/mol. The van der Waals surface area contributed by atoms with E-state index in [9.17, 15) is 18.0 Å². The zero-order valence-corrected chi connectivity index (χ0v) is 17.0. The van der Waals surface area contributed by atoms with E-state index in [-0.39, 0.29) is 11.2 Å². The summed E-state index contributed by atoms with van der Waals surface area (Å²) in [5.74, 6) is 0.0568. The minimum Gasteiger partial charge on any atom is -0.293 e. The van der Waals surface area contributed by atoms with Crippen LogP contribution in [0.15, 0.2) is 54.6 Å². The standard InChI is InChI=1S/C24H26F3NO/c1-23(2,3)20-9-7-18(8-10-20)22(29)16-28-13-11-17(12-14-28)19-5-4-6-21(15-19)24(25,26)27/h4-11,15H,12-14,16H2,1-3H3. The van der Waals surface area contributed by atoms with Gasteiger partial charge in [-0.05, 0) is 40.7 Å². The maximum absolute atomic E-state index is 12.9. The van der Waals surface area contributed by atoms with Crippen LogP contribution >= 0.6 is 0 Å². The van der Waals surface area contributed by atoms with Crippen LogP contribution < -0.4 is 0 Å². The molecule has 0 aliphatic carbocycles. The first-order valence-electron chi connectivity index (χ1n) is 9.77. The second-order valence-electron chi connectivity index (χ2n) is 8.54. The third-order valence-corrected chi connectivity index (χ3v) is 5.29. The van der Waals surface area contributed by atoms with Crippen molar-refractivity contribution in [2.75, 3.05) is 19.6 Å². The van der Waals surface area contributed by atoms with Crippen molar-refractivity contribution >= 4 is 11.4 Å². The number of nitrogens with zero attached hydrogens (tertiary/aromatic N) is 1. The largest absolute Gasteiger partial charge is 0.416 e. The smallest absolute Gasteiger partial charge is 0.293 e. The number of benzene rings is 2. The van der Waals surface area contributed by atoms with E-state index >= 15 is 0 Å². The van der Waals surface area contributed by atoms with E-state index in [1.165, 1.54) is 17.7 Å². The second-order valence-corrected chi connectivity index (χ2v) is 8.54. The number of Topliss-reactive ketones (excluding diaryl/α,β-unsaturated/α-hetero) is 1. The molecule has 2 nitrogen and oxygen atoms in total. The van der Waals surface area contributed by atoms with E-state index in [2.05, 4.69) is 20.8 Å². The Kier molecular flexibility index (Phi) is 5.99. The summed E-state index contributed by atoms with van der Waals surface area (Å²) >= 11 is 0. The van der Waals surface area contributed by atoms with Gasteiger partial charge < -0.3 is 0 Å². The lowest BCUT2D eigenvalue weighted by molar-refractivity contribution is -0.137. The van der Waals surface area contributed by atoms with Crippen molar-refractivity contribution in [1.29, 1.82) is 0 Å². The van der Waals surface area contributed by atoms with Crippen molar-refractivity contribution in [3.63, 3.8) is 0 Å². The molecule has 1 aliphatic rings. The number of carbonyl (C=O) groups excluding carboxylic acids is 1. The van der Waals surface area contributed by atoms with Crippen LogP contribution in [-0.4, -0.2) is 30.3 Å². The summed E-state index contributed by atoms with van der Waals surface area (Å²) in [5.41, 5.74) is 2.77. The normalized spacial score (nSPS) is 15.9. The van der Waals surface area contributed by atoms with Crippen molar-refractivity contribution < 1.29 is 18.0 Å². The molecule has 0 fully saturated rings. The van der Waals surface area contributed by atoms with Crippen molar-refractivity contribution in [3.8, 4) is 0 Å². The lowest BCUT2D eigenvalue weighted by atomic mass is 9.86. The average molecular weight is 401 g/mol. The van der Waals surface area contributed by atoms with Crippen molar-refractivity contribution in [2.45, 2.75) is 38.8 Å². The second kappa shape index (κ2) is 8.15. The molecule has 2 aromatic carbocycles. The Morgan fingerprint density at radius 3 is 2.24 bits per heavy atom. The van der Waals surface area contributed by atoms with Crippen molar-refractivity contribution in [1.82, 2.24) is 4.90 Å². The van der Waals surface area contributed by atoms with Gasteiger partial charge in [-0.15, -0.1) is 0 Å². The van der Waals surface area contributed by atoms with Crippen molar-refractivity contribution in [3.05, 3.63) is 76.9 Å². The third kappa shape index (κ3) is 5.36. The molecule has 0 spiro atoms. The molecule has 0 amide bonds. The minimum absolute atomic E-state index is 0.0407. The first-order valence-corrected chi connectivity index (χ1v) is 9.77. The molecule has 1 aliphatic heterocycles. The molecule has 5 heteroatoms. The number of rotatable bonds is 4. The van der Waals surface area contributed by atoms with Crippen LogP contribution in [0.2, 0.25) is 0 Å². The Morgan fingerprint density at radius 2 is 1.69 bits per heavy atom. The fourth-order valence-electron chi connectivity index (χ4n) is 3.46. The molecule has 0 atom stereocenters. The average Bonchev–Trinajstić information content (AvgIpc) is 2.67. The Balaban J connectivity index is 1.63. The zero-order chi connectivity index (χ0) is 21.2. The fraction of sp³-hybridized carbons (Fsp3) is 0.375. The highest BCUT2D eigenvalue weighted by atomic mass is 19.4. The third-order valence-electron chi connectivity index (χ3n) is 5.29. The summed E-state index contributed by atoms with van der Waals surface area (Å²) in [7, 11) is 0. The minimum atomic E-state index is -4.34. The predicted octanol–water partition coefficient (Wildman–Crippen LogP) is 5.97. The highest BCUT2D eigenvalue weighted by molar-refractivity contribution is 5.97. The number of halogens is 3. The summed E-state index contributed by atoms with van der Waals surface area (Å²) in [6, 6.07) is 13.2. The molecular weight excluding hydrogens is 375 g/mol. The van der Waals surface area contributed by atoms with Gasteiger partial charge in [0.25, 0.3) is 0 Å². The van der Waals surface area contributed by atoms with E-state index in [1.807, 2.05) is 35.2 Å². The number of carbonyl (C=O) groups is 1. The van der Waals surface area contributed by atoms with E-state index in [4.69, 9.17) is 0 Å². The van der Waals surface area contributed by atoms with Crippen LogP contribution in [0.3, 0.4) is 0 Å². The Hall–Kier alpha value is -2.40. The van der Waals surface area contributed by atoms with E-state index in [1.54, 1.807) is 6.07 Å². The van der Waals surface area contributed by atoms with Gasteiger partial charge in [0.2, 0.25) is 0 Å². The molecule has 1 heterocycles. The van der Waals surface area contributed by atoms with Gasteiger partial charge in [-0.25, -0.2) is 0 Å². The number of hydrogen-bond acceptors (Lipinski definition) is 2. The molecule has 0 bridgehead atoms. The molecule has 0 aromatic heterocycles. The molecule has 3 rings (SSSR count). The topological polar surface area (TPSA) is 20.3 Å². The van der Waals surface area contributed by atoms with Gasteiger partial charge in [0.05, 0.1) is 12.1 Å². The SMILES string of the molecule is CC(C)(C)c1ccc(C(=O)CN2CC=C(c3cccc(C(F)(F)F)c3)CC2)cc1. The number of ketones is 1. The Labute approximate surface area is 170 Å². The highest BCUT2D eigenvalue weighted by Crippen LogP contribution is 2.32. The maximum atomic E-state index is 12.9. The van der Waals surface area contributed by atoms with Gasteiger partial charge in [-0.3, -0.25) is 9.69 Å². The number of hydrogen-bond donors (Lipinski definition) is 0. The van der Waals surface area contributed by atoms with Crippen LogP contribution in [0.4, 0.5) is 13.2 Å². The lowest BCUT2D eigenvalue weighted by Gasteiger charge is -2.26. The zero-order valence-electron chi connectivity index (χ0n) is 17.0. The first kappa shape index (κ1) is 21.3. The molecule has 29 heavy (non-hydrogen) atoms. The van der Waals surface area contributed by atoms with E-state index in [0.717, 1.165) is 11.6 Å². The first-order chi connectivity index (χ1) is 13.5. The fourth-order valence-corrected chi connectivity index (χ4v) is 3.46. The van der Waals surface area contributed by atoms with Gasteiger partial charge in [-0.1, -0.05) is 63.2 Å². The van der Waals surface area contributed by atoms with E-state index < -0.39 is 11.7 Å². The van der Waals surface area contributed by atoms with Gasteiger partial charge in [0, 0.05) is 18.7 Å². The highest BCUT2D eigenvalue weighted by Gasteiger charge is 2.30. The quantitative estimate of drug-likeness (QED) is 0.588.